The maximum Gasteiger partial charge on any atom is 0.244 e. The monoisotopic (exact) mass is 373 g/mol. The first-order chi connectivity index (χ1) is 13.1. The number of aromatic nitrogens is 2. The Morgan fingerprint density at radius 1 is 0.857 bits per heavy atom. The maximum absolute atomic E-state index is 6.16. The number of hydrogen-bond donors (Lipinski definition) is 0. The molecule has 0 saturated carbocycles. The summed E-state index contributed by atoms with van der Waals surface area (Å²) in [6.45, 7) is 15.1. The van der Waals surface area contributed by atoms with E-state index in [-0.39, 0.29) is 5.41 Å². The minimum absolute atomic E-state index is 0.103. The van der Waals surface area contributed by atoms with Crippen LogP contribution in [0.25, 0.3) is 0 Å². The van der Waals surface area contributed by atoms with Crippen molar-refractivity contribution in [1.29, 1.82) is 0 Å². The molecule has 0 saturated heterocycles. The lowest BCUT2D eigenvalue weighted by Gasteiger charge is -2.34. The lowest BCUT2D eigenvalue weighted by molar-refractivity contribution is 0.455. The predicted octanol–water partition coefficient (Wildman–Crippen LogP) is 6.58. The number of pyridine rings is 2. The van der Waals surface area contributed by atoms with E-state index in [0.29, 0.717) is 5.88 Å². The summed E-state index contributed by atoms with van der Waals surface area (Å²) in [5.74, 6) is 1.42. The van der Waals surface area contributed by atoms with E-state index in [4.69, 9.17) is 4.74 Å². The van der Waals surface area contributed by atoms with E-state index in [1.807, 2.05) is 32.2 Å². The average Bonchev–Trinajstić information content (AvgIpc) is 2.59. The highest BCUT2D eigenvalue weighted by Crippen LogP contribution is 2.51. The van der Waals surface area contributed by atoms with E-state index >= 15 is 0 Å². The molecule has 0 aliphatic carbocycles. The second-order valence-electron chi connectivity index (χ2n) is 8.72. The standard InChI is InChI=1S/C24H27N3O/c1-14-10-18(24(5,6)7)11-15(2)22(14)27-19-9-8-16(3)26-23(19)28-21-12-17(4)25-13-20(21)27/h8-13H,1-7H3. The predicted molar refractivity (Wildman–Crippen MR) is 114 cm³/mol. The Kier molecular flexibility index (Phi) is 4.18. The molecule has 0 fully saturated rings. The molecule has 28 heavy (non-hydrogen) atoms. The first kappa shape index (κ1) is 18.5. The topological polar surface area (TPSA) is 38.2 Å². The molecule has 3 heterocycles. The zero-order valence-corrected chi connectivity index (χ0v) is 17.7. The van der Waals surface area contributed by atoms with Gasteiger partial charge in [-0.25, -0.2) is 4.98 Å². The molecule has 1 aliphatic heterocycles. The molecule has 4 rings (SSSR count). The molecule has 0 atom stereocenters. The molecule has 2 aromatic heterocycles. The van der Waals surface area contributed by atoms with Crippen molar-refractivity contribution in [2.75, 3.05) is 4.90 Å². The molecule has 0 bridgehead atoms. The van der Waals surface area contributed by atoms with E-state index in [1.165, 1.54) is 16.7 Å². The van der Waals surface area contributed by atoms with Crippen LogP contribution in [0.1, 0.15) is 48.8 Å². The highest BCUT2D eigenvalue weighted by Gasteiger charge is 2.30. The van der Waals surface area contributed by atoms with Crippen molar-refractivity contribution >= 4 is 17.1 Å². The van der Waals surface area contributed by atoms with Crippen LogP contribution in [0.15, 0.2) is 36.5 Å². The number of hydrogen-bond acceptors (Lipinski definition) is 4. The Morgan fingerprint density at radius 3 is 2.18 bits per heavy atom. The van der Waals surface area contributed by atoms with Crippen LogP contribution >= 0.6 is 0 Å². The van der Waals surface area contributed by atoms with Crippen molar-refractivity contribution < 1.29 is 4.74 Å². The van der Waals surface area contributed by atoms with Crippen LogP contribution < -0.4 is 9.64 Å². The second-order valence-corrected chi connectivity index (χ2v) is 8.72. The zero-order valence-electron chi connectivity index (χ0n) is 17.7. The number of ether oxygens (including phenoxy) is 1. The van der Waals surface area contributed by atoms with Gasteiger partial charge in [0.1, 0.15) is 11.4 Å². The Bertz CT molecular complexity index is 1010. The van der Waals surface area contributed by atoms with Gasteiger partial charge in [-0.05, 0) is 61.9 Å². The third-order valence-corrected chi connectivity index (χ3v) is 5.23. The molecule has 0 unspecified atom stereocenters. The number of benzene rings is 1. The summed E-state index contributed by atoms with van der Waals surface area (Å²) in [4.78, 5) is 11.4. The van der Waals surface area contributed by atoms with Gasteiger partial charge in [-0.3, -0.25) is 4.98 Å². The number of fused-ring (bicyclic) bond motifs is 2. The van der Waals surface area contributed by atoms with Crippen molar-refractivity contribution in [2.45, 2.75) is 53.9 Å². The van der Waals surface area contributed by atoms with Gasteiger partial charge in [0, 0.05) is 17.5 Å². The fourth-order valence-corrected chi connectivity index (χ4v) is 3.76. The fraction of sp³-hybridized carbons (Fsp3) is 0.333. The van der Waals surface area contributed by atoms with Crippen molar-refractivity contribution in [1.82, 2.24) is 9.97 Å². The molecule has 4 nitrogen and oxygen atoms in total. The molecular weight excluding hydrogens is 346 g/mol. The van der Waals surface area contributed by atoms with E-state index < -0.39 is 0 Å². The summed E-state index contributed by atoms with van der Waals surface area (Å²) >= 11 is 0. The number of nitrogens with zero attached hydrogens (tertiary/aromatic N) is 3. The third-order valence-electron chi connectivity index (χ3n) is 5.23. The Hall–Kier alpha value is -2.88. The van der Waals surface area contributed by atoms with Crippen LogP contribution in [0.5, 0.6) is 11.6 Å². The molecule has 1 aliphatic rings. The van der Waals surface area contributed by atoms with Gasteiger partial charge in [0.15, 0.2) is 5.75 Å². The molecule has 3 aromatic rings. The van der Waals surface area contributed by atoms with Gasteiger partial charge in [0.2, 0.25) is 5.88 Å². The Morgan fingerprint density at radius 2 is 1.54 bits per heavy atom. The SMILES string of the molecule is Cc1cc2c(cn1)N(c1c(C)cc(C(C)(C)C)cc1C)c1ccc(C)nc1O2. The molecule has 144 valence electrons. The van der Waals surface area contributed by atoms with Crippen molar-refractivity contribution in [3.63, 3.8) is 0 Å². The fourth-order valence-electron chi connectivity index (χ4n) is 3.76. The van der Waals surface area contributed by atoms with Crippen LogP contribution in [-0.2, 0) is 5.41 Å². The van der Waals surface area contributed by atoms with Gasteiger partial charge in [-0.2, -0.15) is 0 Å². The van der Waals surface area contributed by atoms with Crippen LogP contribution in [0, 0.1) is 27.7 Å². The Balaban J connectivity index is 1.98. The summed E-state index contributed by atoms with van der Waals surface area (Å²) in [7, 11) is 0. The zero-order chi connectivity index (χ0) is 20.2. The van der Waals surface area contributed by atoms with Crippen LogP contribution in [0.3, 0.4) is 0 Å². The largest absolute Gasteiger partial charge is 0.435 e. The average molecular weight is 374 g/mol. The summed E-state index contributed by atoms with van der Waals surface area (Å²) in [6.07, 6.45) is 1.89. The van der Waals surface area contributed by atoms with Gasteiger partial charge in [-0.15, -0.1) is 0 Å². The molecule has 4 heteroatoms. The molecule has 0 radical (unpaired) electrons. The van der Waals surface area contributed by atoms with Gasteiger partial charge < -0.3 is 9.64 Å². The van der Waals surface area contributed by atoms with E-state index in [9.17, 15) is 0 Å². The summed E-state index contributed by atoms with van der Waals surface area (Å²) in [5.41, 5.74) is 8.80. The molecule has 0 N–H and O–H groups in total. The first-order valence-corrected chi connectivity index (χ1v) is 9.69. The summed E-state index contributed by atoms with van der Waals surface area (Å²) in [5, 5.41) is 0. The van der Waals surface area contributed by atoms with Crippen LogP contribution in [0.2, 0.25) is 0 Å². The molecular formula is C24H27N3O. The molecule has 0 spiro atoms. The molecule has 0 amide bonds. The quantitative estimate of drug-likeness (QED) is 0.377. The third kappa shape index (κ3) is 3.03. The van der Waals surface area contributed by atoms with Gasteiger partial charge in [-0.1, -0.05) is 32.9 Å². The van der Waals surface area contributed by atoms with Gasteiger partial charge >= 0.3 is 0 Å². The number of aryl methyl sites for hydroxylation is 4. The minimum Gasteiger partial charge on any atom is -0.435 e. The number of rotatable bonds is 1. The molecule has 1 aromatic carbocycles. The highest BCUT2D eigenvalue weighted by molar-refractivity contribution is 5.87. The van der Waals surface area contributed by atoms with Gasteiger partial charge in [0.05, 0.1) is 11.9 Å². The summed E-state index contributed by atoms with van der Waals surface area (Å²) in [6, 6.07) is 10.7. The van der Waals surface area contributed by atoms with Crippen LogP contribution in [0.4, 0.5) is 17.1 Å². The van der Waals surface area contributed by atoms with Crippen molar-refractivity contribution in [3.8, 4) is 11.6 Å². The van der Waals surface area contributed by atoms with Crippen molar-refractivity contribution in [3.05, 3.63) is 64.6 Å². The second kappa shape index (κ2) is 6.33. The minimum atomic E-state index is 0.103. The highest BCUT2D eigenvalue weighted by atomic mass is 16.5. The van der Waals surface area contributed by atoms with E-state index in [0.717, 1.165) is 34.2 Å². The van der Waals surface area contributed by atoms with Crippen LogP contribution in [-0.4, -0.2) is 9.97 Å². The summed E-state index contributed by atoms with van der Waals surface area (Å²) < 4.78 is 6.16. The van der Waals surface area contributed by atoms with Crippen molar-refractivity contribution in [2.24, 2.45) is 0 Å². The maximum atomic E-state index is 6.16. The smallest absolute Gasteiger partial charge is 0.244 e. The van der Waals surface area contributed by atoms with E-state index in [2.05, 4.69) is 67.7 Å². The lowest BCUT2D eigenvalue weighted by atomic mass is 9.84. The Labute approximate surface area is 167 Å². The van der Waals surface area contributed by atoms with Gasteiger partial charge in [0.25, 0.3) is 0 Å². The first-order valence-electron chi connectivity index (χ1n) is 9.69. The lowest BCUT2D eigenvalue weighted by Crippen LogP contribution is -2.20. The van der Waals surface area contributed by atoms with E-state index in [1.54, 1.807) is 0 Å². The number of anilines is 3. The normalized spacial score (nSPS) is 13.0.